The highest BCUT2D eigenvalue weighted by atomic mass is 32.2. The summed E-state index contributed by atoms with van der Waals surface area (Å²) in [5, 5.41) is 8.74. The zero-order valence-corrected chi connectivity index (χ0v) is 15.3. The Balaban J connectivity index is 1.84. The molecule has 2 aromatic rings. The first-order valence-corrected chi connectivity index (χ1v) is 9.10. The Morgan fingerprint density at radius 2 is 2.00 bits per heavy atom. The summed E-state index contributed by atoms with van der Waals surface area (Å²) in [6, 6.07) is 7.67. The predicted molar refractivity (Wildman–Crippen MR) is 104 cm³/mol. The minimum Gasteiger partial charge on any atom is -0.481 e. The Hall–Kier alpha value is -2.58. The average Bonchev–Trinajstić information content (AvgIpc) is 2.90. The molecule has 2 heterocycles. The first kappa shape index (κ1) is 18.2. The predicted octanol–water partition coefficient (Wildman–Crippen LogP) is 3.21. The van der Waals surface area contributed by atoms with Gasteiger partial charge in [0.05, 0.1) is 4.91 Å². The van der Waals surface area contributed by atoms with Crippen LogP contribution >= 0.6 is 24.0 Å². The lowest BCUT2D eigenvalue weighted by atomic mass is 10.0. The number of hydrogen-bond acceptors (Lipinski definition) is 6. The first-order chi connectivity index (χ1) is 12.6. The number of carbonyl (C=O) groups is 2. The molecular weight excluding hydrogens is 370 g/mol. The molecule has 0 aliphatic carbocycles. The van der Waals surface area contributed by atoms with E-state index in [0.29, 0.717) is 22.2 Å². The van der Waals surface area contributed by atoms with Crippen molar-refractivity contribution in [2.75, 3.05) is 6.54 Å². The molecule has 26 heavy (non-hydrogen) atoms. The molecule has 132 valence electrons. The second-order valence-electron chi connectivity index (χ2n) is 5.55. The Bertz CT molecular complexity index is 884. The summed E-state index contributed by atoms with van der Waals surface area (Å²) < 4.78 is 0.451. The smallest absolute Gasteiger partial charge is 0.303 e. The number of carboxylic acids is 1. The molecule has 0 unspecified atom stereocenters. The van der Waals surface area contributed by atoms with Crippen molar-refractivity contribution in [3.63, 3.8) is 0 Å². The van der Waals surface area contributed by atoms with Gasteiger partial charge in [0.2, 0.25) is 0 Å². The Morgan fingerprint density at radius 1 is 1.27 bits per heavy atom. The van der Waals surface area contributed by atoms with Crippen molar-refractivity contribution in [2.45, 2.75) is 12.8 Å². The van der Waals surface area contributed by atoms with Crippen LogP contribution in [-0.2, 0) is 9.59 Å². The number of carboxylic acid groups (broad SMARTS) is 1. The zero-order chi connectivity index (χ0) is 18.5. The number of carbonyl (C=O) groups excluding carboxylic acids is 1. The summed E-state index contributed by atoms with van der Waals surface area (Å²) in [4.78, 5) is 33.3. The minimum atomic E-state index is -0.884. The normalized spacial score (nSPS) is 15.7. The van der Waals surface area contributed by atoms with Crippen LogP contribution in [-0.4, -0.2) is 42.7 Å². The van der Waals surface area contributed by atoms with Crippen molar-refractivity contribution in [1.82, 2.24) is 14.9 Å². The number of aromatic nitrogens is 2. The van der Waals surface area contributed by atoms with Crippen LogP contribution < -0.4 is 0 Å². The number of thioether (sulfide) groups is 1. The fourth-order valence-corrected chi connectivity index (χ4v) is 3.85. The topological polar surface area (TPSA) is 83.4 Å². The quantitative estimate of drug-likeness (QED) is 0.604. The number of thiocarbonyl (C=S) groups is 1. The van der Waals surface area contributed by atoms with Crippen LogP contribution in [0.2, 0.25) is 0 Å². The van der Waals surface area contributed by atoms with E-state index in [1.165, 1.54) is 23.0 Å². The van der Waals surface area contributed by atoms with E-state index in [1.807, 2.05) is 24.3 Å². The number of nitrogens with zero attached hydrogens (tertiary/aromatic N) is 3. The molecule has 1 aliphatic rings. The highest BCUT2D eigenvalue weighted by molar-refractivity contribution is 8.26. The number of aliphatic carboxylic acids is 1. The van der Waals surface area contributed by atoms with Gasteiger partial charge in [-0.05, 0) is 23.6 Å². The van der Waals surface area contributed by atoms with E-state index in [1.54, 1.807) is 18.5 Å². The average molecular weight is 385 g/mol. The van der Waals surface area contributed by atoms with Crippen molar-refractivity contribution in [1.29, 1.82) is 0 Å². The van der Waals surface area contributed by atoms with E-state index < -0.39 is 5.97 Å². The van der Waals surface area contributed by atoms with E-state index in [9.17, 15) is 9.59 Å². The van der Waals surface area contributed by atoms with Crippen molar-refractivity contribution in [2.24, 2.45) is 0 Å². The molecule has 1 amide bonds. The van der Waals surface area contributed by atoms with Gasteiger partial charge in [-0.15, -0.1) is 0 Å². The maximum Gasteiger partial charge on any atom is 0.303 e. The van der Waals surface area contributed by atoms with E-state index in [0.717, 1.165) is 16.7 Å². The second kappa shape index (κ2) is 8.20. The third kappa shape index (κ3) is 4.14. The molecule has 1 aromatic carbocycles. The van der Waals surface area contributed by atoms with E-state index in [2.05, 4.69) is 9.97 Å². The highest BCUT2D eigenvalue weighted by Crippen LogP contribution is 2.34. The summed E-state index contributed by atoms with van der Waals surface area (Å²) in [6.45, 7) is 0.308. The number of rotatable bonds is 6. The molecule has 1 aromatic heterocycles. The molecule has 0 bridgehead atoms. The van der Waals surface area contributed by atoms with Crippen molar-refractivity contribution in [3.05, 3.63) is 53.5 Å². The van der Waals surface area contributed by atoms with Crippen molar-refractivity contribution < 1.29 is 14.7 Å². The van der Waals surface area contributed by atoms with Crippen molar-refractivity contribution >= 4 is 46.3 Å². The lowest BCUT2D eigenvalue weighted by Crippen LogP contribution is -2.29. The van der Waals surface area contributed by atoms with Gasteiger partial charge in [0.15, 0.2) is 0 Å². The first-order valence-electron chi connectivity index (χ1n) is 7.88. The third-order valence-electron chi connectivity index (χ3n) is 3.76. The largest absolute Gasteiger partial charge is 0.481 e. The molecular formula is C18H15N3O3S2. The van der Waals surface area contributed by atoms with Crippen LogP contribution in [0.25, 0.3) is 17.2 Å². The zero-order valence-electron chi connectivity index (χ0n) is 13.7. The van der Waals surface area contributed by atoms with Crippen LogP contribution in [0.4, 0.5) is 0 Å². The van der Waals surface area contributed by atoms with Gasteiger partial charge in [-0.3, -0.25) is 14.5 Å². The molecule has 3 rings (SSSR count). The molecule has 0 radical (unpaired) electrons. The second-order valence-corrected chi connectivity index (χ2v) is 7.22. The van der Waals surface area contributed by atoms with Gasteiger partial charge < -0.3 is 5.11 Å². The van der Waals surface area contributed by atoms with E-state index in [4.69, 9.17) is 17.3 Å². The standard InChI is InChI=1S/C18H15N3O3S2/c22-16(23)6-3-7-21-17(24)15(26-18(21)25)8-12-4-1-2-5-14(12)13-9-19-11-20-10-13/h1-2,4-5,8-11H,3,6-7H2,(H,22,23)/b15-8-. The van der Waals surface area contributed by atoms with E-state index >= 15 is 0 Å². The van der Waals surface area contributed by atoms with Gasteiger partial charge in [-0.25, -0.2) is 9.97 Å². The molecule has 1 aliphatic heterocycles. The summed E-state index contributed by atoms with van der Waals surface area (Å²) in [5.41, 5.74) is 2.65. The van der Waals surface area contributed by atoms with Crippen molar-refractivity contribution in [3.8, 4) is 11.1 Å². The Morgan fingerprint density at radius 3 is 2.73 bits per heavy atom. The van der Waals surface area contributed by atoms with Crippen LogP contribution in [0.1, 0.15) is 18.4 Å². The fourth-order valence-electron chi connectivity index (χ4n) is 2.55. The summed E-state index contributed by atoms with van der Waals surface area (Å²) in [7, 11) is 0. The van der Waals surface area contributed by atoms with Gasteiger partial charge in [0, 0.05) is 30.9 Å². The maximum absolute atomic E-state index is 12.6. The number of amides is 1. The van der Waals surface area contributed by atoms with Crippen LogP contribution in [0.3, 0.4) is 0 Å². The van der Waals surface area contributed by atoms with Gasteiger partial charge in [-0.2, -0.15) is 0 Å². The SMILES string of the molecule is O=C(O)CCCN1C(=O)/C(=C/c2ccccc2-c2cncnc2)SC1=S. The lowest BCUT2D eigenvalue weighted by molar-refractivity contribution is -0.137. The van der Waals surface area contributed by atoms with E-state index in [-0.39, 0.29) is 12.3 Å². The molecule has 0 spiro atoms. The third-order valence-corrected chi connectivity index (χ3v) is 5.14. The minimum absolute atomic E-state index is 0.00689. The Kier molecular flexibility index (Phi) is 5.75. The molecule has 0 atom stereocenters. The van der Waals surface area contributed by atoms with Gasteiger partial charge >= 0.3 is 5.97 Å². The van der Waals surface area contributed by atoms with Crippen LogP contribution in [0.5, 0.6) is 0 Å². The summed E-state index contributed by atoms with van der Waals surface area (Å²) >= 11 is 6.51. The van der Waals surface area contributed by atoms with Gasteiger partial charge in [0.1, 0.15) is 10.6 Å². The molecule has 0 saturated carbocycles. The molecule has 1 N–H and O–H groups in total. The molecule has 8 heteroatoms. The van der Waals surface area contributed by atoms with Gasteiger partial charge in [0.25, 0.3) is 5.91 Å². The molecule has 1 saturated heterocycles. The van der Waals surface area contributed by atoms with Crippen LogP contribution in [0, 0.1) is 0 Å². The monoisotopic (exact) mass is 385 g/mol. The summed E-state index contributed by atoms with van der Waals surface area (Å²) in [5.74, 6) is -1.07. The molecule has 1 fully saturated rings. The molecule has 6 nitrogen and oxygen atoms in total. The fraction of sp³-hybridized carbons (Fsp3) is 0.167. The maximum atomic E-state index is 12.6. The van der Waals surface area contributed by atoms with Gasteiger partial charge in [-0.1, -0.05) is 48.2 Å². The number of benzene rings is 1. The number of hydrogen-bond donors (Lipinski definition) is 1. The van der Waals surface area contributed by atoms with Crippen LogP contribution in [0.15, 0.2) is 47.9 Å². The summed E-state index contributed by atoms with van der Waals surface area (Å²) in [6.07, 6.45) is 7.08. The Labute approximate surface area is 160 Å². The highest BCUT2D eigenvalue weighted by Gasteiger charge is 2.31. The lowest BCUT2D eigenvalue weighted by Gasteiger charge is -2.13.